The quantitative estimate of drug-likeness (QED) is 0.618. The van der Waals surface area contributed by atoms with Crippen molar-refractivity contribution < 1.29 is 14.7 Å². The predicted molar refractivity (Wildman–Crippen MR) is 80.2 cm³/mol. The van der Waals surface area contributed by atoms with Crippen molar-refractivity contribution in [1.29, 1.82) is 0 Å². The number of nitrogens with one attached hydrogen (secondary N) is 3. The van der Waals surface area contributed by atoms with E-state index in [0.717, 1.165) is 51.6 Å². The second-order valence-electron chi connectivity index (χ2n) is 6.48. The van der Waals surface area contributed by atoms with Crippen molar-refractivity contribution in [3.63, 3.8) is 0 Å². The van der Waals surface area contributed by atoms with Gasteiger partial charge in [0.15, 0.2) is 0 Å². The van der Waals surface area contributed by atoms with E-state index < -0.39 is 5.97 Å². The molecule has 2 fully saturated rings. The average molecular weight is 297 g/mol. The molecule has 4 N–H and O–H groups in total. The molecule has 1 saturated heterocycles. The van der Waals surface area contributed by atoms with E-state index in [0.29, 0.717) is 6.54 Å². The molecule has 2 amide bonds. The first-order chi connectivity index (χ1) is 10.1. The summed E-state index contributed by atoms with van der Waals surface area (Å²) in [6.45, 7) is 2.35. The van der Waals surface area contributed by atoms with Crippen LogP contribution in [-0.2, 0) is 4.79 Å². The number of piperidine rings is 1. The summed E-state index contributed by atoms with van der Waals surface area (Å²) in [4.78, 5) is 23.1. The minimum atomic E-state index is -0.766. The van der Waals surface area contributed by atoms with Crippen molar-refractivity contribution in [2.75, 3.05) is 19.6 Å². The molecule has 2 rings (SSSR count). The van der Waals surface area contributed by atoms with Crippen LogP contribution in [0.5, 0.6) is 0 Å². The lowest BCUT2D eigenvalue weighted by molar-refractivity contribution is -0.140. The highest BCUT2D eigenvalue weighted by Gasteiger charge is 2.34. The van der Waals surface area contributed by atoms with Crippen LogP contribution in [0.15, 0.2) is 0 Å². The van der Waals surface area contributed by atoms with Crippen LogP contribution < -0.4 is 16.0 Å². The Morgan fingerprint density at radius 2 is 1.81 bits per heavy atom. The fraction of sp³-hybridized carbons (Fsp3) is 0.867. The number of aliphatic carboxylic acids is 1. The third-order valence-corrected chi connectivity index (χ3v) is 4.74. The van der Waals surface area contributed by atoms with E-state index in [9.17, 15) is 9.59 Å². The van der Waals surface area contributed by atoms with E-state index in [1.54, 1.807) is 0 Å². The summed E-state index contributed by atoms with van der Waals surface area (Å²) in [5, 5.41) is 18.3. The third-order valence-electron chi connectivity index (χ3n) is 4.74. The second kappa shape index (κ2) is 7.64. The molecule has 1 aliphatic carbocycles. The maximum Gasteiger partial charge on any atom is 0.315 e. The molecular formula is C15H27N3O3. The topological polar surface area (TPSA) is 90.5 Å². The molecule has 0 aromatic carbocycles. The molecule has 0 spiro atoms. The summed E-state index contributed by atoms with van der Waals surface area (Å²) in [5.74, 6) is -0.766. The summed E-state index contributed by atoms with van der Waals surface area (Å²) in [5.41, 5.74) is -0.254. The number of carboxylic acid groups (broad SMARTS) is 1. The van der Waals surface area contributed by atoms with Gasteiger partial charge in [0, 0.05) is 12.6 Å². The molecule has 6 nitrogen and oxygen atoms in total. The molecule has 0 atom stereocenters. The van der Waals surface area contributed by atoms with E-state index in [1.807, 2.05) is 0 Å². The molecule has 0 radical (unpaired) electrons. The summed E-state index contributed by atoms with van der Waals surface area (Å²) in [7, 11) is 0. The number of rotatable bonds is 5. The molecule has 0 aromatic heterocycles. The van der Waals surface area contributed by atoms with Crippen LogP contribution in [0.1, 0.15) is 51.4 Å². The van der Waals surface area contributed by atoms with Gasteiger partial charge < -0.3 is 21.1 Å². The lowest BCUT2D eigenvalue weighted by atomic mass is 9.72. The molecule has 120 valence electrons. The Bertz CT molecular complexity index is 361. The van der Waals surface area contributed by atoms with Gasteiger partial charge in [-0.05, 0) is 44.2 Å². The lowest BCUT2D eigenvalue weighted by Crippen LogP contribution is -2.49. The number of hydrogen-bond donors (Lipinski definition) is 4. The maximum atomic E-state index is 12.0. The first-order valence-corrected chi connectivity index (χ1v) is 8.07. The minimum absolute atomic E-state index is 0.153. The van der Waals surface area contributed by atoms with Crippen molar-refractivity contribution >= 4 is 12.0 Å². The van der Waals surface area contributed by atoms with Gasteiger partial charge in [-0.25, -0.2) is 4.79 Å². The molecule has 0 bridgehead atoms. The van der Waals surface area contributed by atoms with Gasteiger partial charge in [-0.1, -0.05) is 19.3 Å². The highest BCUT2D eigenvalue weighted by Crippen LogP contribution is 2.38. The fourth-order valence-electron chi connectivity index (χ4n) is 3.51. The first kappa shape index (κ1) is 16.1. The molecule has 21 heavy (non-hydrogen) atoms. The molecule has 1 heterocycles. The van der Waals surface area contributed by atoms with Crippen LogP contribution in [0.25, 0.3) is 0 Å². The van der Waals surface area contributed by atoms with Gasteiger partial charge in [0.25, 0.3) is 0 Å². The Balaban J connectivity index is 1.79. The molecule has 0 aromatic rings. The van der Waals surface area contributed by atoms with Gasteiger partial charge in [0.1, 0.15) is 0 Å². The van der Waals surface area contributed by atoms with Crippen molar-refractivity contribution in [3.05, 3.63) is 0 Å². The van der Waals surface area contributed by atoms with Crippen molar-refractivity contribution in [2.45, 2.75) is 57.4 Å². The molecule has 1 saturated carbocycles. The van der Waals surface area contributed by atoms with E-state index in [-0.39, 0.29) is 23.9 Å². The van der Waals surface area contributed by atoms with Crippen molar-refractivity contribution in [3.8, 4) is 0 Å². The monoisotopic (exact) mass is 297 g/mol. The van der Waals surface area contributed by atoms with Gasteiger partial charge in [-0.3, -0.25) is 4.79 Å². The van der Waals surface area contributed by atoms with Crippen molar-refractivity contribution in [2.24, 2.45) is 5.41 Å². The van der Waals surface area contributed by atoms with E-state index in [4.69, 9.17) is 5.11 Å². The van der Waals surface area contributed by atoms with Crippen LogP contribution in [-0.4, -0.2) is 42.8 Å². The molecule has 2 aliphatic rings. The SMILES string of the molecule is O=C(O)CC1(CNC(=O)NC2CCNCC2)CCCCC1. The molecule has 0 unspecified atom stereocenters. The number of hydrogen-bond acceptors (Lipinski definition) is 3. The highest BCUT2D eigenvalue weighted by atomic mass is 16.4. The van der Waals surface area contributed by atoms with Gasteiger partial charge in [-0.2, -0.15) is 0 Å². The zero-order valence-corrected chi connectivity index (χ0v) is 12.6. The van der Waals surface area contributed by atoms with Crippen LogP contribution in [0.4, 0.5) is 4.79 Å². The van der Waals surface area contributed by atoms with Crippen LogP contribution in [0.2, 0.25) is 0 Å². The Kier molecular flexibility index (Phi) is 5.85. The van der Waals surface area contributed by atoms with E-state index in [2.05, 4.69) is 16.0 Å². The smallest absolute Gasteiger partial charge is 0.315 e. The average Bonchev–Trinajstić information content (AvgIpc) is 2.47. The molecule has 1 aliphatic heterocycles. The van der Waals surface area contributed by atoms with Crippen LogP contribution in [0, 0.1) is 5.41 Å². The zero-order valence-electron chi connectivity index (χ0n) is 12.6. The fourth-order valence-corrected chi connectivity index (χ4v) is 3.51. The number of urea groups is 1. The second-order valence-corrected chi connectivity index (χ2v) is 6.48. The van der Waals surface area contributed by atoms with Crippen LogP contribution >= 0.6 is 0 Å². The Morgan fingerprint density at radius 1 is 1.14 bits per heavy atom. The largest absolute Gasteiger partial charge is 0.481 e. The number of carbonyl (C=O) groups is 2. The van der Waals surface area contributed by atoms with Crippen molar-refractivity contribution in [1.82, 2.24) is 16.0 Å². The Hall–Kier alpha value is -1.30. The minimum Gasteiger partial charge on any atom is -0.481 e. The zero-order chi connectivity index (χ0) is 15.1. The molecular weight excluding hydrogens is 270 g/mol. The summed E-state index contributed by atoms with van der Waals surface area (Å²) < 4.78 is 0. The number of amides is 2. The van der Waals surface area contributed by atoms with Gasteiger partial charge in [0.2, 0.25) is 0 Å². The Labute approximate surface area is 126 Å². The predicted octanol–water partition coefficient (Wildman–Crippen LogP) is 1.46. The normalized spacial score (nSPS) is 22.5. The van der Waals surface area contributed by atoms with Gasteiger partial charge in [-0.15, -0.1) is 0 Å². The van der Waals surface area contributed by atoms with Gasteiger partial charge in [0.05, 0.1) is 6.42 Å². The standard InChI is InChI=1S/C15H27N3O3/c19-13(20)10-15(6-2-1-3-7-15)11-17-14(21)18-12-4-8-16-9-5-12/h12,16H,1-11H2,(H,19,20)(H2,17,18,21). The maximum absolute atomic E-state index is 12.0. The van der Waals surface area contributed by atoms with E-state index in [1.165, 1.54) is 6.42 Å². The summed E-state index contributed by atoms with van der Waals surface area (Å²) >= 11 is 0. The van der Waals surface area contributed by atoms with E-state index >= 15 is 0 Å². The first-order valence-electron chi connectivity index (χ1n) is 8.07. The Morgan fingerprint density at radius 3 is 2.43 bits per heavy atom. The van der Waals surface area contributed by atoms with Crippen LogP contribution in [0.3, 0.4) is 0 Å². The number of carboxylic acids is 1. The third kappa shape index (κ3) is 5.19. The lowest BCUT2D eigenvalue weighted by Gasteiger charge is -2.36. The van der Waals surface area contributed by atoms with Gasteiger partial charge >= 0.3 is 12.0 Å². The summed E-state index contributed by atoms with van der Waals surface area (Å²) in [6, 6.07) is 0.0743. The molecule has 6 heteroatoms. The summed E-state index contributed by atoms with van der Waals surface area (Å²) in [6.07, 6.45) is 7.14. The number of carbonyl (C=O) groups excluding carboxylic acids is 1. The highest BCUT2D eigenvalue weighted by molar-refractivity contribution is 5.74.